The van der Waals surface area contributed by atoms with Crippen LogP contribution in [-0.2, 0) is 0 Å². The lowest BCUT2D eigenvalue weighted by molar-refractivity contribution is 0.616. The summed E-state index contributed by atoms with van der Waals surface area (Å²) < 4.78 is 5.39. The van der Waals surface area contributed by atoms with Gasteiger partial charge in [-0.25, -0.2) is 0 Å². The molecule has 2 N–H and O–H groups in total. The lowest BCUT2D eigenvalue weighted by Gasteiger charge is -2.18. The van der Waals surface area contributed by atoms with E-state index in [1.807, 2.05) is 18.2 Å². The Morgan fingerprint density at radius 3 is 3.07 bits per heavy atom. The number of hydrogen-bond donors (Lipinski definition) is 1. The SMILES string of the molecule is NC1CCN(c2cccc3occc23)C1. The summed E-state index contributed by atoms with van der Waals surface area (Å²) in [5.74, 6) is 0. The molecule has 1 aromatic heterocycles. The summed E-state index contributed by atoms with van der Waals surface area (Å²) in [7, 11) is 0. The average molecular weight is 202 g/mol. The average Bonchev–Trinajstić information content (AvgIpc) is 2.84. The van der Waals surface area contributed by atoms with E-state index in [-0.39, 0.29) is 0 Å². The molecule has 15 heavy (non-hydrogen) atoms. The van der Waals surface area contributed by atoms with Gasteiger partial charge in [0.2, 0.25) is 0 Å². The van der Waals surface area contributed by atoms with Crippen LogP contribution in [0, 0.1) is 0 Å². The fourth-order valence-corrected chi connectivity index (χ4v) is 2.26. The lowest BCUT2D eigenvalue weighted by atomic mass is 10.2. The summed E-state index contributed by atoms with van der Waals surface area (Å²) in [4.78, 5) is 2.34. The van der Waals surface area contributed by atoms with Gasteiger partial charge in [0.25, 0.3) is 0 Å². The second-order valence-corrected chi connectivity index (χ2v) is 4.10. The topological polar surface area (TPSA) is 42.4 Å². The maximum absolute atomic E-state index is 5.92. The van der Waals surface area contributed by atoms with E-state index in [2.05, 4.69) is 11.0 Å². The summed E-state index contributed by atoms with van der Waals surface area (Å²) in [6, 6.07) is 8.50. The Kier molecular flexibility index (Phi) is 1.92. The maximum Gasteiger partial charge on any atom is 0.135 e. The van der Waals surface area contributed by atoms with E-state index in [1.165, 1.54) is 11.1 Å². The van der Waals surface area contributed by atoms with E-state index in [9.17, 15) is 0 Å². The molecular weight excluding hydrogens is 188 g/mol. The number of fused-ring (bicyclic) bond motifs is 1. The Balaban J connectivity index is 2.06. The third-order valence-electron chi connectivity index (χ3n) is 3.04. The molecular formula is C12H14N2O. The second-order valence-electron chi connectivity index (χ2n) is 4.10. The van der Waals surface area contributed by atoms with Crippen LogP contribution in [-0.4, -0.2) is 19.1 Å². The van der Waals surface area contributed by atoms with Crippen molar-refractivity contribution in [2.45, 2.75) is 12.5 Å². The van der Waals surface area contributed by atoms with Gasteiger partial charge in [-0.2, -0.15) is 0 Å². The molecule has 1 saturated heterocycles. The van der Waals surface area contributed by atoms with Crippen LogP contribution in [0.1, 0.15) is 6.42 Å². The third-order valence-corrected chi connectivity index (χ3v) is 3.04. The smallest absolute Gasteiger partial charge is 0.135 e. The first-order valence-corrected chi connectivity index (χ1v) is 5.31. The van der Waals surface area contributed by atoms with Gasteiger partial charge in [-0.05, 0) is 24.6 Å². The van der Waals surface area contributed by atoms with E-state index in [4.69, 9.17) is 10.2 Å². The Morgan fingerprint density at radius 1 is 1.33 bits per heavy atom. The molecule has 1 fully saturated rings. The van der Waals surface area contributed by atoms with Crippen LogP contribution in [0.15, 0.2) is 34.9 Å². The Bertz CT molecular complexity index is 477. The van der Waals surface area contributed by atoms with E-state index < -0.39 is 0 Å². The molecule has 1 unspecified atom stereocenters. The van der Waals surface area contributed by atoms with Crippen molar-refractivity contribution in [3.8, 4) is 0 Å². The maximum atomic E-state index is 5.92. The fourth-order valence-electron chi connectivity index (χ4n) is 2.26. The van der Waals surface area contributed by atoms with Gasteiger partial charge in [0, 0.05) is 30.2 Å². The lowest BCUT2D eigenvalue weighted by Crippen LogP contribution is -2.26. The molecule has 0 radical (unpaired) electrons. The number of anilines is 1. The van der Waals surface area contributed by atoms with E-state index >= 15 is 0 Å². The number of benzene rings is 1. The Labute approximate surface area is 88.5 Å². The minimum atomic E-state index is 0.312. The largest absolute Gasteiger partial charge is 0.464 e. The molecule has 3 nitrogen and oxygen atoms in total. The predicted octanol–water partition coefficient (Wildman–Crippen LogP) is 1.97. The Hall–Kier alpha value is -1.48. The number of rotatable bonds is 1. The van der Waals surface area contributed by atoms with Crippen LogP contribution in [0.2, 0.25) is 0 Å². The van der Waals surface area contributed by atoms with Crippen LogP contribution in [0.25, 0.3) is 11.0 Å². The third kappa shape index (κ3) is 1.39. The first-order chi connectivity index (χ1) is 7.34. The zero-order valence-corrected chi connectivity index (χ0v) is 8.52. The molecule has 0 spiro atoms. The highest BCUT2D eigenvalue weighted by molar-refractivity contribution is 5.91. The van der Waals surface area contributed by atoms with Gasteiger partial charge < -0.3 is 15.1 Å². The molecule has 1 aromatic carbocycles. The highest BCUT2D eigenvalue weighted by Gasteiger charge is 2.20. The summed E-state index contributed by atoms with van der Waals surface area (Å²) in [5.41, 5.74) is 8.11. The molecule has 2 aromatic rings. The Morgan fingerprint density at radius 2 is 2.27 bits per heavy atom. The molecule has 0 saturated carbocycles. The van der Waals surface area contributed by atoms with Gasteiger partial charge in [0.05, 0.1) is 6.26 Å². The second kappa shape index (κ2) is 3.28. The monoisotopic (exact) mass is 202 g/mol. The summed E-state index contributed by atoms with van der Waals surface area (Å²) in [5, 5.41) is 1.19. The van der Waals surface area contributed by atoms with Crippen molar-refractivity contribution in [3.63, 3.8) is 0 Å². The van der Waals surface area contributed by atoms with Gasteiger partial charge in [0.15, 0.2) is 0 Å². The zero-order valence-electron chi connectivity index (χ0n) is 8.52. The van der Waals surface area contributed by atoms with Crippen molar-refractivity contribution >= 4 is 16.7 Å². The molecule has 1 atom stereocenters. The minimum Gasteiger partial charge on any atom is -0.464 e. The van der Waals surface area contributed by atoms with Crippen LogP contribution in [0.3, 0.4) is 0 Å². The summed E-state index contributed by atoms with van der Waals surface area (Å²) in [6.45, 7) is 2.00. The standard InChI is InChI=1S/C12H14N2O/c13-9-4-6-14(8-9)11-2-1-3-12-10(11)5-7-15-12/h1-3,5,7,9H,4,6,8,13H2. The number of furan rings is 1. The molecule has 1 aliphatic rings. The van der Waals surface area contributed by atoms with Crippen LogP contribution in [0.4, 0.5) is 5.69 Å². The van der Waals surface area contributed by atoms with Crippen molar-refractivity contribution < 1.29 is 4.42 Å². The minimum absolute atomic E-state index is 0.312. The van der Waals surface area contributed by atoms with Crippen molar-refractivity contribution in [1.82, 2.24) is 0 Å². The molecule has 0 aliphatic carbocycles. The number of hydrogen-bond acceptors (Lipinski definition) is 3. The molecule has 3 heteroatoms. The molecule has 3 rings (SSSR count). The van der Waals surface area contributed by atoms with Gasteiger partial charge in [-0.1, -0.05) is 6.07 Å². The van der Waals surface area contributed by atoms with Gasteiger partial charge in [-0.3, -0.25) is 0 Å². The van der Waals surface area contributed by atoms with E-state index in [0.29, 0.717) is 6.04 Å². The van der Waals surface area contributed by atoms with Gasteiger partial charge >= 0.3 is 0 Å². The molecule has 78 valence electrons. The molecule has 0 bridgehead atoms. The van der Waals surface area contributed by atoms with Crippen molar-refractivity contribution in [3.05, 3.63) is 30.5 Å². The fraction of sp³-hybridized carbons (Fsp3) is 0.333. The quantitative estimate of drug-likeness (QED) is 0.768. The molecule has 2 heterocycles. The van der Waals surface area contributed by atoms with Crippen molar-refractivity contribution in [2.75, 3.05) is 18.0 Å². The first kappa shape index (κ1) is 8.80. The zero-order chi connectivity index (χ0) is 10.3. The molecule has 1 aliphatic heterocycles. The van der Waals surface area contributed by atoms with E-state index in [0.717, 1.165) is 25.1 Å². The summed E-state index contributed by atoms with van der Waals surface area (Å²) in [6.07, 6.45) is 2.82. The number of nitrogens with two attached hydrogens (primary N) is 1. The first-order valence-electron chi connectivity index (χ1n) is 5.31. The van der Waals surface area contributed by atoms with Crippen LogP contribution >= 0.6 is 0 Å². The number of nitrogens with zero attached hydrogens (tertiary/aromatic N) is 1. The van der Waals surface area contributed by atoms with Gasteiger partial charge in [0.1, 0.15) is 5.58 Å². The van der Waals surface area contributed by atoms with Crippen molar-refractivity contribution in [1.29, 1.82) is 0 Å². The molecule has 0 amide bonds. The van der Waals surface area contributed by atoms with Crippen LogP contribution in [0.5, 0.6) is 0 Å². The van der Waals surface area contributed by atoms with Crippen LogP contribution < -0.4 is 10.6 Å². The van der Waals surface area contributed by atoms with E-state index in [1.54, 1.807) is 6.26 Å². The predicted molar refractivity (Wildman–Crippen MR) is 61.0 cm³/mol. The highest BCUT2D eigenvalue weighted by Crippen LogP contribution is 2.29. The van der Waals surface area contributed by atoms with Crippen molar-refractivity contribution in [2.24, 2.45) is 5.73 Å². The highest BCUT2D eigenvalue weighted by atomic mass is 16.3. The van der Waals surface area contributed by atoms with Gasteiger partial charge in [-0.15, -0.1) is 0 Å². The summed E-state index contributed by atoms with van der Waals surface area (Å²) >= 11 is 0. The normalized spacial score (nSPS) is 21.4.